The van der Waals surface area contributed by atoms with Crippen LogP contribution in [-0.4, -0.2) is 353 Å². The van der Waals surface area contributed by atoms with Crippen molar-refractivity contribution >= 4 is 18.2 Å². The zero-order valence-electron chi connectivity index (χ0n) is 42.8. The Morgan fingerprint density at radius 2 is 0.750 bits per heavy atom. The van der Waals surface area contributed by atoms with Gasteiger partial charge in [-0.25, -0.2) is 0 Å². The van der Waals surface area contributed by atoms with Crippen molar-refractivity contribution < 1.29 is 163 Å². The van der Waals surface area contributed by atoms with Crippen LogP contribution in [0.5, 0.6) is 0 Å². The van der Waals surface area contributed by atoms with Crippen molar-refractivity contribution in [1.29, 1.82) is 0 Å². The van der Waals surface area contributed by atoms with E-state index in [1.165, 1.54) is 0 Å². The van der Waals surface area contributed by atoms with E-state index in [1.54, 1.807) is 0 Å². The highest BCUT2D eigenvalue weighted by molar-refractivity contribution is 5.73. The van der Waals surface area contributed by atoms with Crippen LogP contribution in [0.15, 0.2) is 0 Å². The first-order valence-corrected chi connectivity index (χ1v) is 25.3. The average molecular weight is 1170 g/mol. The molecule has 464 valence electrons. The molecule has 0 aliphatic carbocycles. The summed E-state index contributed by atoms with van der Waals surface area (Å²) in [6.07, 6.45) is -53.3. The van der Waals surface area contributed by atoms with Crippen LogP contribution in [0.3, 0.4) is 0 Å². The topological polar surface area (TPSA) is 562 Å². The van der Waals surface area contributed by atoms with Crippen molar-refractivity contribution in [2.24, 2.45) is 0 Å². The van der Waals surface area contributed by atoms with E-state index >= 15 is 0 Å². The molecule has 21 N–H and O–H groups in total. The number of hydrogen-bond donors (Lipinski definition) is 21. The van der Waals surface area contributed by atoms with E-state index in [1.807, 2.05) is 0 Å². The number of carbonyl (C=O) groups is 3. The van der Waals surface area contributed by atoms with Crippen LogP contribution in [0.1, 0.15) is 13.8 Å². The fraction of sp³-hybridized carbons (Fsp3) is 0.932. The van der Waals surface area contributed by atoms with Crippen molar-refractivity contribution in [3.63, 3.8) is 0 Å². The van der Waals surface area contributed by atoms with Gasteiger partial charge in [0.15, 0.2) is 37.7 Å². The third-order valence-corrected chi connectivity index (χ3v) is 14.2. The second-order valence-electron chi connectivity index (χ2n) is 19.7. The summed E-state index contributed by atoms with van der Waals surface area (Å²) in [6.45, 7) is -4.99. The molecule has 36 heteroatoms. The van der Waals surface area contributed by atoms with Gasteiger partial charge in [-0.3, -0.25) is 14.4 Å². The first kappa shape index (κ1) is 66.4. The Labute approximate surface area is 453 Å². The van der Waals surface area contributed by atoms with Gasteiger partial charge in [-0.1, -0.05) is 0 Å². The lowest BCUT2D eigenvalue weighted by atomic mass is 9.93. The molecule has 36 nitrogen and oxygen atoms in total. The first-order valence-electron chi connectivity index (χ1n) is 25.3. The van der Waals surface area contributed by atoms with Gasteiger partial charge in [0, 0.05) is 13.8 Å². The van der Waals surface area contributed by atoms with Gasteiger partial charge < -0.3 is 165 Å². The van der Waals surface area contributed by atoms with Crippen LogP contribution in [0.25, 0.3) is 0 Å². The number of carbonyl (C=O) groups excluding carboxylic acids is 3. The van der Waals surface area contributed by atoms with E-state index in [2.05, 4.69) is 16.0 Å². The van der Waals surface area contributed by atoms with E-state index in [0.717, 1.165) is 13.8 Å². The standard InChI is InChI=1S/C44H75N3O33/c1-12(56)46-21-27(62)34(19(8-53)74-39(21)79-37-25(60)17(6-51)73-44(32(37)67)77-35-20(9-54)75-41(31(66)29(35)64)69-10-14(3-48)45-11-55)76-43-33(68)38(26(61)18(7-52)72-43)80-40-22(47-13(2)57)36(24(59)16(5-50)70-40)78-42-30(65)28(63)23(58)15(4-49)71-42/h11,14-44,48-54,58-68H,3-10H2,1-2H3,(H,45,55)(H,46,56)(H,47,57)/t14-,15-,16-,17-,18-,19-,20-,21-,22-,23+,24+,25+,26+,27-,28+,29-,30-,31-,32-,33-,34-,35-,36-,37+,38+,39+,40-,41-,42+,43+,44+/m1/s1. The van der Waals surface area contributed by atoms with Crippen LogP contribution in [0.4, 0.5) is 0 Å². The van der Waals surface area contributed by atoms with Crippen LogP contribution < -0.4 is 16.0 Å². The maximum absolute atomic E-state index is 12.7. The second-order valence-corrected chi connectivity index (χ2v) is 19.7. The molecule has 3 amide bonds. The number of ether oxygens (including phenoxy) is 12. The Kier molecular flexibility index (Phi) is 24.7. The van der Waals surface area contributed by atoms with Crippen molar-refractivity contribution in [2.45, 2.75) is 204 Å². The molecule has 80 heavy (non-hydrogen) atoms. The Morgan fingerprint density at radius 1 is 0.400 bits per heavy atom. The summed E-state index contributed by atoms with van der Waals surface area (Å²) in [5.41, 5.74) is 0. The Bertz CT molecular complexity index is 1920. The highest BCUT2D eigenvalue weighted by atomic mass is 16.8. The largest absolute Gasteiger partial charge is 0.394 e. The van der Waals surface area contributed by atoms with Gasteiger partial charge in [0.1, 0.15) is 146 Å². The molecule has 0 aromatic heterocycles. The predicted octanol–water partition coefficient (Wildman–Crippen LogP) is -14.7. The van der Waals surface area contributed by atoms with Crippen LogP contribution >= 0.6 is 0 Å². The second kappa shape index (κ2) is 29.8. The molecular formula is C44H75N3O33. The van der Waals surface area contributed by atoms with Gasteiger partial charge in [0.2, 0.25) is 18.2 Å². The van der Waals surface area contributed by atoms with E-state index in [9.17, 15) is 106 Å². The van der Waals surface area contributed by atoms with Crippen LogP contribution in [0, 0.1) is 0 Å². The number of amides is 3. The molecule has 6 rings (SSSR count). The van der Waals surface area contributed by atoms with Gasteiger partial charge in [0.25, 0.3) is 0 Å². The summed E-state index contributed by atoms with van der Waals surface area (Å²) in [6, 6.07) is -4.54. The Balaban J connectivity index is 1.21. The fourth-order valence-corrected chi connectivity index (χ4v) is 9.90. The SMILES string of the molecule is CC(=O)N[C@H]1[C@H](O[C@H]2[C@@H](O)[C@@H](CO)O[C@@H](O[C@H]3[C@H](O)[C@@H](O)[C@H](OC[C@@H](CO)NC=O)O[C@@H]3CO)[C@@H]2O)O[C@H](CO)[C@@H](O[C@@H]2O[C@H](CO)[C@H](O)[C@H](O[C@H]3O[C@H](CO)[C@H](O)[C@H](O[C@@H]4O[C@H](CO)[C@H](O)[C@H](O)[C@H]4O)[C@H]3NC(C)=O)[C@H]2O)[C@@H]1O. The molecule has 0 aromatic rings. The van der Waals surface area contributed by atoms with Gasteiger partial charge in [-0.05, 0) is 0 Å². The van der Waals surface area contributed by atoms with Gasteiger partial charge in [-0.15, -0.1) is 0 Å². The molecule has 0 radical (unpaired) electrons. The number of nitrogens with one attached hydrogen (secondary N) is 3. The van der Waals surface area contributed by atoms with Crippen LogP contribution in [0.2, 0.25) is 0 Å². The quantitative estimate of drug-likeness (QED) is 0.0399. The molecule has 6 aliphatic rings. The minimum absolute atomic E-state index is 0.274. The van der Waals surface area contributed by atoms with Crippen molar-refractivity contribution in [2.75, 3.05) is 52.9 Å². The monoisotopic (exact) mass is 1170 g/mol. The third-order valence-electron chi connectivity index (χ3n) is 14.2. The number of aliphatic hydroxyl groups excluding tert-OH is 18. The molecule has 0 spiro atoms. The normalized spacial score (nSPS) is 46.8. The highest BCUT2D eigenvalue weighted by Gasteiger charge is 2.58. The summed E-state index contributed by atoms with van der Waals surface area (Å²) in [7, 11) is 0. The molecule has 31 atom stereocenters. The van der Waals surface area contributed by atoms with Crippen LogP contribution in [-0.2, 0) is 71.2 Å². The zero-order valence-corrected chi connectivity index (χ0v) is 42.8. The molecule has 6 fully saturated rings. The van der Waals surface area contributed by atoms with E-state index in [-0.39, 0.29) is 6.41 Å². The molecule has 6 saturated heterocycles. The Morgan fingerprint density at radius 3 is 1.20 bits per heavy atom. The minimum atomic E-state index is -2.25. The lowest BCUT2D eigenvalue weighted by molar-refractivity contribution is -0.387. The molecular weight excluding hydrogens is 1100 g/mol. The molecule has 6 heterocycles. The summed E-state index contributed by atoms with van der Waals surface area (Å²) in [5, 5.41) is 201. The molecule has 0 aromatic carbocycles. The lowest BCUT2D eigenvalue weighted by Gasteiger charge is -2.51. The summed E-state index contributed by atoms with van der Waals surface area (Å²) >= 11 is 0. The third kappa shape index (κ3) is 14.8. The van der Waals surface area contributed by atoms with Crippen molar-refractivity contribution in [1.82, 2.24) is 16.0 Å². The molecule has 0 bridgehead atoms. The first-order chi connectivity index (χ1) is 38.0. The maximum Gasteiger partial charge on any atom is 0.217 e. The molecule has 0 unspecified atom stereocenters. The maximum atomic E-state index is 12.7. The number of aliphatic hydroxyl groups is 18. The van der Waals surface area contributed by atoms with Crippen molar-refractivity contribution in [3.8, 4) is 0 Å². The lowest BCUT2D eigenvalue weighted by Crippen LogP contribution is -2.71. The summed E-state index contributed by atoms with van der Waals surface area (Å²) in [5.74, 6) is -1.73. The molecule has 6 aliphatic heterocycles. The summed E-state index contributed by atoms with van der Waals surface area (Å²) < 4.78 is 68.9. The van der Waals surface area contributed by atoms with Crippen molar-refractivity contribution in [3.05, 3.63) is 0 Å². The highest BCUT2D eigenvalue weighted by Crippen LogP contribution is 2.37. The average Bonchev–Trinajstić information content (AvgIpc) is 3.43. The van der Waals surface area contributed by atoms with E-state index in [0.29, 0.717) is 0 Å². The molecule has 0 saturated carbocycles. The smallest absolute Gasteiger partial charge is 0.217 e. The van der Waals surface area contributed by atoms with Gasteiger partial charge >= 0.3 is 0 Å². The van der Waals surface area contributed by atoms with E-state index in [4.69, 9.17) is 56.8 Å². The van der Waals surface area contributed by atoms with E-state index < -0.39 is 255 Å². The zero-order chi connectivity index (χ0) is 59.0. The number of rotatable bonds is 24. The Hall–Kier alpha value is -2.79. The van der Waals surface area contributed by atoms with Gasteiger partial charge in [0.05, 0.1) is 58.9 Å². The predicted molar refractivity (Wildman–Crippen MR) is 246 cm³/mol. The summed E-state index contributed by atoms with van der Waals surface area (Å²) in [4.78, 5) is 36.2. The minimum Gasteiger partial charge on any atom is -0.394 e. The number of hydrogen-bond acceptors (Lipinski definition) is 33. The fourth-order valence-electron chi connectivity index (χ4n) is 9.90. The van der Waals surface area contributed by atoms with Gasteiger partial charge in [-0.2, -0.15) is 0 Å².